The summed E-state index contributed by atoms with van der Waals surface area (Å²) in [5.74, 6) is 1.71. The predicted molar refractivity (Wildman–Crippen MR) is 74.0 cm³/mol. The maximum Gasteiger partial charge on any atom is 0.00384 e. The van der Waals surface area contributed by atoms with E-state index in [1.807, 2.05) is 0 Å². The molecule has 2 N–H and O–H groups in total. The number of hydrogen-bond donors (Lipinski definition) is 1. The third-order valence-corrected chi connectivity index (χ3v) is 5.63. The molecule has 2 unspecified atom stereocenters. The number of likely N-dealkylation sites (tertiary alicyclic amines) is 1. The van der Waals surface area contributed by atoms with Crippen molar-refractivity contribution in [2.45, 2.75) is 52.4 Å². The molecule has 2 fully saturated rings. The van der Waals surface area contributed by atoms with E-state index < -0.39 is 0 Å². The summed E-state index contributed by atoms with van der Waals surface area (Å²) in [6, 6.07) is 0. The van der Waals surface area contributed by atoms with Gasteiger partial charge in [-0.2, -0.15) is 0 Å². The van der Waals surface area contributed by atoms with E-state index in [9.17, 15) is 0 Å². The van der Waals surface area contributed by atoms with Crippen molar-refractivity contribution < 1.29 is 0 Å². The van der Waals surface area contributed by atoms with Crippen LogP contribution < -0.4 is 5.73 Å². The van der Waals surface area contributed by atoms with Crippen molar-refractivity contribution in [3.8, 4) is 0 Å². The number of hydrogen-bond acceptors (Lipinski definition) is 2. The SMILES string of the molecule is CCC1(CC)CCN(CC2CCCC2CN)C1. The van der Waals surface area contributed by atoms with Gasteiger partial charge in [0, 0.05) is 13.1 Å². The molecule has 100 valence electrons. The summed E-state index contributed by atoms with van der Waals surface area (Å²) in [4.78, 5) is 2.73. The molecule has 1 saturated heterocycles. The highest BCUT2D eigenvalue weighted by atomic mass is 15.2. The lowest BCUT2D eigenvalue weighted by molar-refractivity contribution is 0.202. The maximum atomic E-state index is 5.89. The van der Waals surface area contributed by atoms with Gasteiger partial charge in [0.1, 0.15) is 0 Å². The van der Waals surface area contributed by atoms with Gasteiger partial charge in [0.2, 0.25) is 0 Å². The van der Waals surface area contributed by atoms with Crippen LogP contribution in [0.3, 0.4) is 0 Å². The van der Waals surface area contributed by atoms with Crippen molar-refractivity contribution in [1.29, 1.82) is 0 Å². The molecule has 1 saturated carbocycles. The average Bonchev–Trinajstić information content (AvgIpc) is 2.97. The first-order valence-corrected chi connectivity index (χ1v) is 7.65. The van der Waals surface area contributed by atoms with Crippen molar-refractivity contribution >= 4 is 0 Å². The van der Waals surface area contributed by atoms with Crippen molar-refractivity contribution in [1.82, 2.24) is 4.90 Å². The van der Waals surface area contributed by atoms with Gasteiger partial charge < -0.3 is 10.6 Å². The lowest BCUT2D eigenvalue weighted by Crippen LogP contribution is -2.33. The van der Waals surface area contributed by atoms with E-state index in [1.165, 1.54) is 58.2 Å². The number of nitrogens with zero attached hydrogens (tertiary/aromatic N) is 1. The van der Waals surface area contributed by atoms with E-state index in [0.717, 1.165) is 18.4 Å². The van der Waals surface area contributed by atoms with E-state index in [-0.39, 0.29) is 0 Å². The quantitative estimate of drug-likeness (QED) is 0.798. The molecule has 17 heavy (non-hydrogen) atoms. The average molecular weight is 238 g/mol. The molecule has 0 radical (unpaired) electrons. The molecule has 2 aliphatic rings. The van der Waals surface area contributed by atoms with Gasteiger partial charge in [-0.15, -0.1) is 0 Å². The molecule has 1 aliphatic heterocycles. The fourth-order valence-corrected chi connectivity index (χ4v) is 4.01. The zero-order chi connectivity index (χ0) is 12.3. The molecule has 1 aliphatic carbocycles. The topological polar surface area (TPSA) is 29.3 Å². The Morgan fingerprint density at radius 1 is 1.18 bits per heavy atom. The minimum Gasteiger partial charge on any atom is -0.330 e. The second-order valence-electron chi connectivity index (χ2n) is 6.38. The summed E-state index contributed by atoms with van der Waals surface area (Å²) in [7, 11) is 0. The first-order chi connectivity index (χ1) is 8.23. The summed E-state index contributed by atoms with van der Waals surface area (Å²) in [5.41, 5.74) is 6.52. The number of nitrogens with two attached hydrogens (primary N) is 1. The highest BCUT2D eigenvalue weighted by Crippen LogP contribution is 2.39. The third kappa shape index (κ3) is 2.85. The lowest BCUT2D eigenvalue weighted by atomic mass is 9.82. The normalized spacial score (nSPS) is 33.4. The molecule has 0 aromatic carbocycles. The van der Waals surface area contributed by atoms with E-state index in [0.29, 0.717) is 5.41 Å². The van der Waals surface area contributed by atoms with Crippen LogP contribution in [0.2, 0.25) is 0 Å². The molecule has 0 aromatic heterocycles. The van der Waals surface area contributed by atoms with Crippen LogP contribution in [0.25, 0.3) is 0 Å². The molecule has 0 amide bonds. The molecular weight excluding hydrogens is 208 g/mol. The Balaban J connectivity index is 1.85. The smallest absolute Gasteiger partial charge is 0.00384 e. The Morgan fingerprint density at radius 2 is 1.88 bits per heavy atom. The van der Waals surface area contributed by atoms with Gasteiger partial charge in [-0.05, 0) is 62.4 Å². The minimum absolute atomic E-state index is 0.636. The highest BCUT2D eigenvalue weighted by Gasteiger charge is 2.37. The fourth-order valence-electron chi connectivity index (χ4n) is 4.01. The summed E-state index contributed by atoms with van der Waals surface area (Å²) in [5, 5.41) is 0. The molecule has 0 spiro atoms. The van der Waals surface area contributed by atoms with Gasteiger partial charge in [0.05, 0.1) is 0 Å². The summed E-state index contributed by atoms with van der Waals surface area (Å²) >= 11 is 0. The highest BCUT2D eigenvalue weighted by molar-refractivity contribution is 4.90. The molecule has 2 nitrogen and oxygen atoms in total. The van der Waals surface area contributed by atoms with Crippen LogP contribution in [0.4, 0.5) is 0 Å². The Kier molecular flexibility index (Phi) is 4.48. The van der Waals surface area contributed by atoms with Gasteiger partial charge in [-0.3, -0.25) is 0 Å². The van der Waals surface area contributed by atoms with Crippen LogP contribution in [0.1, 0.15) is 52.4 Å². The second-order valence-corrected chi connectivity index (χ2v) is 6.38. The monoisotopic (exact) mass is 238 g/mol. The van der Waals surface area contributed by atoms with Gasteiger partial charge in [0.15, 0.2) is 0 Å². The van der Waals surface area contributed by atoms with Crippen LogP contribution in [0, 0.1) is 17.3 Å². The first-order valence-electron chi connectivity index (χ1n) is 7.65. The Labute approximate surface area is 107 Å². The fraction of sp³-hybridized carbons (Fsp3) is 1.00. The molecule has 0 aromatic rings. The van der Waals surface area contributed by atoms with Gasteiger partial charge in [0.25, 0.3) is 0 Å². The molecular formula is C15H30N2. The van der Waals surface area contributed by atoms with Crippen LogP contribution in [-0.4, -0.2) is 31.1 Å². The zero-order valence-electron chi connectivity index (χ0n) is 11.8. The molecule has 2 atom stereocenters. The van der Waals surface area contributed by atoms with Gasteiger partial charge >= 0.3 is 0 Å². The zero-order valence-corrected chi connectivity index (χ0v) is 11.8. The van der Waals surface area contributed by atoms with Crippen molar-refractivity contribution in [3.63, 3.8) is 0 Å². The standard InChI is InChI=1S/C15H30N2/c1-3-15(4-2)8-9-17(12-15)11-14-7-5-6-13(14)10-16/h13-14H,3-12,16H2,1-2H3. The van der Waals surface area contributed by atoms with Gasteiger partial charge in [-0.1, -0.05) is 20.3 Å². The van der Waals surface area contributed by atoms with Gasteiger partial charge in [-0.25, -0.2) is 0 Å². The van der Waals surface area contributed by atoms with Crippen molar-refractivity contribution in [2.24, 2.45) is 23.0 Å². The third-order valence-electron chi connectivity index (χ3n) is 5.63. The first kappa shape index (κ1) is 13.4. The Bertz CT molecular complexity index is 235. The largest absolute Gasteiger partial charge is 0.330 e. The van der Waals surface area contributed by atoms with E-state index in [4.69, 9.17) is 5.73 Å². The van der Waals surface area contributed by atoms with Crippen LogP contribution >= 0.6 is 0 Å². The molecule has 2 rings (SSSR count). The van der Waals surface area contributed by atoms with Crippen LogP contribution in [0.15, 0.2) is 0 Å². The lowest BCUT2D eigenvalue weighted by Gasteiger charge is -2.29. The van der Waals surface area contributed by atoms with E-state index >= 15 is 0 Å². The van der Waals surface area contributed by atoms with Crippen molar-refractivity contribution in [2.75, 3.05) is 26.2 Å². The summed E-state index contributed by atoms with van der Waals surface area (Å²) < 4.78 is 0. The molecule has 2 heteroatoms. The van der Waals surface area contributed by atoms with Crippen LogP contribution in [-0.2, 0) is 0 Å². The molecule has 0 bridgehead atoms. The summed E-state index contributed by atoms with van der Waals surface area (Å²) in [6.07, 6.45) is 8.33. The Morgan fingerprint density at radius 3 is 2.47 bits per heavy atom. The second kappa shape index (κ2) is 5.71. The molecule has 1 heterocycles. The van der Waals surface area contributed by atoms with E-state index in [2.05, 4.69) is 18.7 Å². The summed E-state index contributed by atoms with van der Waals surface area (Å²) in [6.45, 7) is 9.63. The maximum absolute atomic E-state index is 5.89. The Hall–Kier alpha value is -0.0800. The van der Waals surface area contributed by atoms with Crippen molar-refractivity contribution in [3.05, 3.63) is 0 Å². The van der Waals surface area contributed by atoms with E-state index in [1.54, 1.807) is 0 Å². The van der Waals surface area contributed by atoms with Crippen LogP contribution in [0.5, 0.6) is 0 Å². The predicted octanol–water partition coefficient (Wildman–Crippen LogP) is 2.87. The minimum atomic E-state index is 0.636. The number of rotatable bonds is 5.